The van der Waals surface area contributed by atoms with Gasteiger partial charge in [-0.15, -0.1) is 23.1 Å². The molecule has 31 heavy (non-hydrogen) atoms. The fourth-order valence-corrected chi connectivity index (χ4v) is 7.48. The van der Waals surface area contributed by atoms with Gasteiger partial charge in [0.25, 0.3) is 5.91 Å². The predicted molar refractivity (Wildman–Crippen MR) is 114 cm³/mol. The molecule has 6 atom stereocenters. The van der Waals surface area contributed by atoms with Crippen molar-refractivity contribution in [3.63, 3.8) is 0 Å². The average molecular weight is 471 g/mol. The number of carbonyl (C=O) groups excluding carboxylic acids is 1. The molecule has 1 aromatic heterocycles. The first-order valence-corrected chi connectivity index (χ1v) is 11.9. The zero-order valence-corrected chi connectivity index (χ0v) is 21.3. The molecule has 0 radical (unpaired) electrons. The zero-order chi connectivity index (χ0) is 21.4. The van der Waals surface area contributed by atoms with E-state index in [1.807, 2.05) is 6.08 Å². The number of aromatic nitrogens is 1. The van der Waals surface area contributed by atoms with E-state index >= 15 is 0 Å². The molecule has 3 N–H and O–H groups in total. The van der Waals surface area contributed by atoms with Crippen molar-refractivity contribution in [3.05, 3.63) is 17.2 Å². The second-order valence-electron chi connectivity index (χ2n) is 8.96. The first-order chi connectivity index (χ1) is 14.2. The largest absolute Gasteiger partial charge is 1.00 e. The fourth-order valence-electron chi connectivity index (χ4n) is 5.30. The van der Waals surface area contributed by atoms with Crippen LogP contribution >= 0.6 is 23.1 Å². The molecule has 1 amide bonds. The number of carboxylic acid groups (broad SMARTS) is 1. The van der Waals surface area contributed by atoms with Crippen LogP contribution in [0.1, 0.15) is 38.8 Å². The smallest absolute Gasteiger partial charge is 0.858 e. The van der Waals surface area contributed by atoms with Crippen molar-refractivity contribution in [2.75, 3.05) is 5.73 Å². The minimum Gasteiger partial charge on any atom is -0.858 e. The van der Waals surface area contributed by atoms with Crippen LogP contribution in [0.15, 0.2) is 16.4 Å². The Kier molecular flexibility index (Phi) is 6.00. The summed E-state index contributed by atoms with van der Waals surface area (Å²) in [6.45, 7) is 3.60. The van der Waals surface area contributed by atoms with Crippen LogP contribution in [-0.4, -0.2) is 55.0 Å². The topological polar surface area (TPSA) is 132 Å². The van der Waals surface area contributed by atoms with Crippen molar-refractivity contribution in [2.45, 2.75) is 55.3 Å². The summed E-state index contributed by atoms with van der Waals surface area (Å²) in [6.07, 6.45) is 5.58. The summed E-state index contributed by atoms with van der Waals surface area (Å²) < 4.78 is -0.646. The van der Waals surface area contributed by atoms with Crippen molar-refractivity contribution in [1.29, 1.82) is 0 Å². The number of nitrogens with zero attached hydrogens (tertiary/aromatic N) is 3. The van der Waals surface area contributed by atoms with Gasteiger partial charge in [0.2, 0.25) is 0 Å². The molecule has 2 aliphatic heterocycles. The van der Waals surface area contributed by atoms with E-state index < -0.39 is 40.0 Å². The van der Waals surface area contributed by atoms with Gasteiger partial charge in [-0.3, -0.25) is 9.79 Å². The maximum absolute atomic E-state index is 13.1. The normalized spacial score (nSPS) is 35.8. The van der Waals surface area contributed by atoms with E-state index in [2.05, 4.69) is 9.98 Å². The maximum Gasteiger partial charge on any atom is 1.00 e. The van der Waals surface area contributed by atoms with Crippen LogP contribution in [-0.2, 0) is 9.59 Å². The van der Waals surface area contributed by atoms with Gasteiger partial charge in [-0.1, -0.05) is 12.5 Å². The van der Waals surface area contributed by atoms with Gasteiger partial charge >= 0.3 is 35.5 Å². The van der Waals surface area contributed by atoms with Gasteiger partial charge < -0.3 is 20.8 Å². The Morgan fingerprint density at radius 1 is 1.42 bits per heavy atom. The standard InChI is InChI=1S/C20H24N4O4S2.Na/c1-20(2)14(18(27)28)24-16(26)13(17(24)30-20)23-15(25)11(12-7-29-19(21)22-12)6-10-8-4-3-5-9(8)10;/h6-10,13-14,17H,3-5H2,1-2H3,(H2,21,22)(H,23,25)(H,27,28);/q;+1/p-1/b11-6-;/t8-,9+,10?,13-,14+,17-;/m1./s1. The number of thiazole rings is 1. The quantitative estimate of drug-likeness (QED) is 0.230. The molecule has 0 bridgehead atoms. The van der Waals surface area contributed by atoms with Gasteiger partial charge in [-0.2, -0.15) is 0 Å². The third-order valence-electron chi connectivity index (χ3n) is 6.76. The number of aliphatic imine (C=N–C) groups is 1. The number of fused-ring (bicyclic) bond motifs is 2. The van der Waals surface area contributed by atoms with Gasteiger partial charge in [0.05, 0.1) is 5.69 Å². The number of β-lactam (4-membered cyclic amide) rings is 1. The van der Waals surface area contributed by atoms with E-state index in [1.54, 1.807) is 19.2 Å². The van der Waals surface area contributed by atoms with E-state index in [1.165, 1.54) is 47.3 Å². The Bertz CT molecular complexity index is 984. The molecule has 2 aliphatic carbocycles. The van der Waals surface area contributed by atoms with Crippen LogP contribution in [0.4, 0.5) is 5.13 Å². The van der Waals surface area contributed by atoms with E-state index in [0.717, 1.165) is 0 Å². The molecule has 5 rings (SSSR count). The minimum atomic E-state index is -1.04. The maximum atomic E-state index is 13.1. The van der Waals surface area contributed by atoms with Crippen molar-refractivity contribution < 1.29 is 49.4 Å². The number of hydrogen-bond acceptors (Lipinski definition) is 8. The fraction of sp³-hybridized carbons (Fsp3) is 0.600. The molecule has 0 aromatic carbocycles. The number of amides is 1. The second-order valence-corrected chi connectivity index (χ2v) is 11.6. The average Bonchev–Trinajstić information content (AvgIpc) is 3.06. The number of carbonyl (C=O) groups is 2. The first kappa shape index (κ1) is 23.1. The third-order valence-corrected chi connectivity index (χ3v) is 8.99. The summed E-state index contributed by atoms with van der Waals surface area (Å²) in [5.74, 6) is -0.286. The van der Waals surface area contributed by atoms with Gasteiger partial charge in [0.15, 0.2) is 11.2 Å². The van der Waals surface area contributed by atoms with Crippen molar-refractivity contribution in [2.24, 2.45) is 22.7 Å². The molecule has 4 fully saturated rings. The van der Waals surface area contributed by atoms with E-state index in [4.69, 9.17) is 5.73 Å². The molecule has 0 spiro atoms. The monoisotopic (exact) mass is 470 g/mol. The Labute approximate surface area is 210 Å². The summed E-state index contributed by atoms with van der Waals surface area (Å²) in [6, 6.07) is -1.77. The Morgan fingerprint density at radius 3 is 2.68 bits per heavy atom. The number of anilines is 1. The SMILES string of the molecule is CC1(C)S[C@@H]2[C@H](N=C([O-])/C(=C\C3[C@H]4CCC[C@@H]34)c3csc(N)n3)C(=O)N2[C@H]1C(=O)O.[Na+]. The summed E-state index contributed by atoms with van der Waals surface area (Å²) in [4.78, 5) is 34.2. The molecule has 4 aliphatic rings. The van der Waals surface area contributed by atoms with Crippen LogP contribution in [0.25, 0.3) is 5.57 Å². The van der Waals surface area contributed by atoms with Crippen LogP contribution in [0.5, 0.6) is 0 Å². The molecule has 160 valence electrons. The van der Waals surface area contributed by atoms with Crippen LogP contribution < -0.4 is 40.4 Å². The van der Waals surface area contributed by atoms with Crippen LogP contribution in [0, 0.1) is 17.8 Å². The summed E-state index contributed by atoms with van der Waals surface area (Å²) in [7, 11) is 0. The molecule has 11 heteroatoms. The number of thioether (sulfide) groups is 1. The molecule has 1 unspecified atom stereocenters. The molecule has 2 saturated carbocycles. The molecular formula is C20H23N4NaO4S2. The number of aliphatic carboxylic acids is 1. The zero-order valence-electron chi connectivity index (χ0n) is 17.6. The van der Waals surface area contributed by atoms with Gasteiger partial charge in [0.1, 0.15) is 11.4 Å². The Hall–Kier alpha value is -1.07. The number of allylic oxidation sites excluding steroid dienone is 1. The second kappa shape index (κ2) is 8.06. The molecule has 3 heterocycles. The van der Waals surface area contributed by atoms with Gasteiger partial charge in [0, 0.05) is 15.7 Å². The molecule has 2 saturated heterocycles. The Morgan fingerprint density at radius 2 is 2.10 bits per heavy atom. The first-order valence-electron chi connectivity index (χ1n) is 10.1. The van der Waals surface area contributed by atoms with Gasteiger partial charge in [-0.25, -0.2) is 9.78 Å². The van der Waals surface area contributed by atoms with Crippen molar-refractivity contribution in [1.82, 2.24) is 9.88 Å². The number of carboxylic acids is 1. The predicted octanol–water partition coefficient (Wildman–Crippen LogP) is -1.57. The van der Waals surface area contributed by atoms with Crippen molar-refractivity contribution in [3.8, 4) is 0 Å². The van der Waals surface area contributed by atoms with Gasteiger partial charge in [-0.05, 0) is 50.3 Å². The number of nitrogen functional groups attached to an aromatic ring is 1. The van der Waals surface area contributed by atoms with E-state index in [-0.39, 0.29) is 29.6 Å². The summed E-state index contributed by atoms with van der Waals surface area (Å²) >= 11 is 2.65. The van der Waals surface area contributed by atoms with E-state index in [0.29, 0.717) is 34.2 Å². The number of nitrogens with two attached hydrogens (primary N) is 1. The molecular weight excluding hydrogens is 447 g/mol. The van der Waals surface area contributed by atoms with E-state index in [9.17, 15) is 19.8 Å². The number of rotatable bonds is 5. The molecule has 1 aromatic rings. The van der Waals surface area contributed by atoms with Crippen molar-refractivity contribution >= 4 is 51.6 Å². The molecule has 8 nitrogen and oxygen atoms in total. The Balaban J connectivity index is 0.00000231. The summed E-state index contributed by atoms with van der Waals surface area (Å²) in [5, 5.41) is 24.4. The summed E-state index contributed by atoms with van der Waals surface area (Å²) in [5.41, 5.74) is 6.69. The van der Waals surface area contributed by atoms with Crippen LogP contribution in [0.3, 0.4) is 0 Å². The minimum absolute atomic E-state index is 0. The number of hydrogen-bond donors (Lipinski definition) is 2. The van der Waals surface area contributed by atoms with Crippen LogP contribution in [0.2, 0.25) is 0 Å². The third kappa shape index (κ3) is 3.74.